The molecule has 0 saturated carbocycles. The number of rotatable bonds is 3. The van der Waals surface area contributed by atoms with E-state index in [1.165, 1.54) is 0 Å². The largest absolute Gasteiger partial charge is 0.385 e. The van der Waals surface area contributed by atoms with Crippen LogP contribution in [-0.4, -0.2) is 14.9 Å². The van der Waals surface area contributed by atoms with E-state index in [0.717, 1.165) is 15.6 Å². The lowest BCUT2D eigenvalue weighted by molar-refractivity contribution is 0.0575. The van der Waals surface area contributed by atoms with E-state index in [1.54, 1.807) is 10.9 Å². The van der Waals surface area contributed by atoms with Gasteiger partial charge in [0.2, 0.25) is 0 Å². The summed E-state index contributed by atoms with van der Waals surface area (Å²) in [7, 11) is 1.85. The molecule has 1 aromatic heterocycles. The fourth-order valence-electron chi connectivity index (χ4n) is 1.80. The Labute approximate surface area is 109 Å². The summed E-state index contributed by atoms with van der Waals surface area (Å²) in [6, 6.07) is 7.98. The highest BCUT2D eigenvalue weighted by atomic mass is 79.9. The summed E-state index contributed by atoms with van der Waals surface area (Å²) in [5, 5.41) is 14.5. The summed E-state index contributed by atoms with van der Waals surface area (Å²) < 4.78 is 2.74. The third-order valence-electron chi connectivity index (χ3n) is 2.79. The van der Waals surface area contributed by atoms with Crippen molar-refractivity contribution in [2.45, 2.75) is 18.9 Å². The Bertz CT molecular complexity index is 502. The zero-order valence-electron chi connectivity index (χ0n) is 9.89. The van der Waals surface area contributed by atoms with E-state index in [1.807, 2.05) is 44.4 Å². The fraction of sp³-hybridized carbons (Fsp3) is 0.308. The molecule has 3 nitrogen and oxygen atoms in total. The molecule has 1 heterocycles. The van der Waals surface area contributed by atoms with Crippen molar-refractivity contribution in [3.63, 3.8) is 0 Å². The Morgan fingerprint density at radius 2 is 2.00 bits per heavy atom. The number of hydrogen-bond acceptors (Lipinski definition) is 2. The lowest BCUT2D eigenvalue weighted by Crippen LogP contribution is -2.23. The average molecular weight is 295 g/mol. The second-order valence-electron chi connectivity index (χ2n) is 4.48. The van der Waals surface area contributed by atoms with E-state index in [9.17, 15) is 5.11 Å². The van der Waals surface area contributed by atoms with Crippen LogP contribution in [0, 0.1) is 0 Å². The van der Waals surface area contributed by atoms with E-state index in [4.69, 9.17) is 0 Å². The molecule has 0 spiro atoms. The van der Waals surface area contributed by atoms with Gasteiger partial charge in [-0.25, -0.2) is 0 Å². The molecule has 17 heavy (non-hydrogen) atoms. The molecule has 0 bridgehead atoms. The van der Waals surface area contributed by atoms with Crippen LogP contribution in [0.5, 0.6) is 0 Å². The lowest BCUT2D eigenvalue weighted by atomic mass is 9.91. The summed E-state index contributed by atoms with van der Waals surface area (Å²) in [5.74, 6) is 0. The van der Waals surface area contributed by atoms with Crippen molar-refractivity contribution < 1.29 is 5.11 Å². The number of benzene rings is 1. The van der Waals surface area contributed by atoms with Gasteiger partial charge >= 0.3 is 0 Å². The van der Waals surface area contributed by atoms with Gasteiger partial charge in [-0.1, -0.05) is 28.1 Å². The molecule has 2 rings (SSSR count). The van der Waals surface area contributed by atoms with Crippen LogP contribution in [-0.2, 0) is 19.1 Å². The number of hydrogen-bond donors (Lipinski definition) is 1. The Morgan fingerprint density at radius 3 is 2.53 bits per heavy atom. The minimum atomic E-state index is -0.887. The van der Waals surface area contributed by atoms with Crippen molar-refractivity contribution in [3.05, 3.63) is 52.3 Å². The van der Waals surface area contributed by atoms with Gasteiger partial charge in [-0.05, 0) is 24.6 Å². The number of aryl methyl sites for hydroxylation is 1. The van der Waals surface area contributed by atoms with Gasteiger partial charge in [0.15, 0.2) is 0 Å². The quantitative estimate of drug-likeness (QED) is 0.945. The standard InChI is InChI=1S/C13H15BrN2O/c1-13(17,11-8-15-16(2)9-11)7-10-3-5-12(14)6-4-10/h3-6,8-9,17H,7H2,1-2H3. The Balaban J connectivity index is 2.19. The Morgan fingerprint density at radius 1 is 1.35 bits per heavy atom. The normalized spacial score (nSPS) is 14.6. The van der Waals surface area contributed by atoms with E-state index in [-0.39, 0.29) is 0 Å². The van der Waals surface area contributed by atoms with Crippen LogP contribution >= 0.6 is 15.9 Å². The maximum absolute atomic E-state index is 10.5. The summed E-state index contributed by atoms with van der Waals surface area (Å²) in [6.45, 7) is 1.81. The van der Waals surface area contributed by atoms with Crippen molar-refractivity contribution >= 4 is 15.9 Å². The molecule has 2 aromatic rings. The smallest absolute Gasteiger partial charge is 0.0938 e. The first kappa shape index (κ1) is 12.3. The molecule has 0 saturated heterocycles. The van der Waals surface area contributed by atoms with Crippen LogP contribution in [0.15, 0.2) is 41.1 Å². The second-order valence-corrected chi connectivity index (χ2v) is 5.40. The van der Waals surface area contributed by atoms with Crippen molar-refractivity contribution in [1.29, 1.82) is 0 Å². The van der Waals surface area contributed by atoms with Crippen LogP contribution in [0.1, 0.15) is 18.1 Å². The molecular weight excluding hydrogens is 280 g/mol. The molecule has 0 aliphatic rings. The first-order valence-corrected chi connectivity index (χ1v) is 6.23. The molecule has 0 aliphatic heterocycles. The Kier molecular flexibility index (Phi) is 3.35. The van der Waals surface area contributed by atoms with E-state index in [0.29, 0.717) is 6.42 Å². The highest BCUT2D eigenvalue weighted by molar-refractivity contribution is 9.10. The van der Waals surface area contributed by atoms with Gasteiger partial charge in [0.05, 0.1) is 11.8 Å². The van der Waals surface area contributed by atoms with Gasteiger partial charge in [-0.15, -0.1) is 0 Å². The number of halogens is 1. The molecule has 4 heteroatoms. The van der Waals surface area contributed by atoms with Crippen LogP contribution in [0.2, 0.25) is 0 Å². The molecule has 1 atom stereocenters. The fourth-order valence-corrected chi connectivity index (χ4v) is 2.07. The minimum absolute atomic E-state index is 0.575. The van der Waals surface area contributed by atoms with Gasteiger partial charge in [0.1, 0.15) is 0 Å². The van der Waals surface area contributed by atoms with Gasteiger partial charge in [-0.2, -0.15) is 5.10 Å². The molecule has 0 aliphatic carbocycles. The van der Waals surface area contributed by atoms with E-state index in [2.05, 4.69) is 21.0 Å². The van der Waals surface area contributed by atoms with Crippen molar-refractivity contribution in [1.82, 2.24) is 9.78 Å². The number of aromatic nitrogens is 2. The maximum Gasteiger partial charge on any atom is 0.0938 e. The van der Waals surface area contributed by atoms with Crippen molar-refractivity contribution in [3.8, 4) is 0 Å². The average Bonchev–Trinajstić information content (AvgIpc) is 2.69. The van der Waals surface area contributed by atoms with Gasteiger partial charge in [0.25, 0.3) is 0 Å². The minimum Gasteiger partial charge on any atom is -0.385 e. The zero-order valence-corrected chi connectivity index (χ0v) is 11.5. The number of aliphatic hydroxyl groups is 1. The first-order chi connectivity index (χ1) is 7.97. The Hall–Kier alpha value is -1.13. The van der Waals surface area contributed by atoms with Crippen LogP contribution in [0.3, 0.4) is 0 Å². The molecule has 1 N–H and O–H groups in total. The topological polar surface area (TPSA) is 38.0 Å². The molecule has 0 amide bonds. The van der Waals surface area contributed by atoms with Crippen LogP contribution in [0.25, 0.3) is 0 Å². The predicted octanol–water partition coefficient (Wildman–Crippen LogP) is 2.63. The predicted molar refractivity (Wildman–Crippen MR) is 70.6 cm³/mol. The van der Waals surface area contributed by atoms with E-state index >= 15 is 0 Å². The summed E-state index contributed by atoms with van der Waals surface area (Å²) in [6.07, 6.45) is 4.13. The molecule has 0 radical (unpaired) electrons. The maximum atomic E-state index is 10.5. The second kappa shape index (κ2) is 4.63. The van der Waals surface area contributed by atoms with E-state index < -0.39 is 5.60 Å². The third-order valence-corrected chi connectivity index (χ3v) is 3.32. The third kappa shape index (κ3) is 2.96. The molecule has 1 aromatic carbocycles. The highest BCUT2D eigenvalue weighted by Crippen LogP contribution is 2.25. The van der Waals surface area contributed by atoms with Crippen molar-refractivity contribution in [2.24, 2.45) is 7.05 Å². The molecule has 0 fully saturated rings. The summed E-state index contributed by atoms with van der Waals surface area (Å²) in [4.78, 5) is 0. The van der Waals surface area contributed by atoms with Gasteiger partial charge in [0, 0.05) is 29.7 Å². The molecular formula is C13H15BrN2O. The summed E-state index contributed by atoms with van der Waals surface area (Å²) >= 11 is 3.40. The van der Waals surface area contributed by atoms with Gasteiger partial charge < -0.3 is 5.11 Å². The monoisotopic (exact) mass is 294 g/mol. The van der Waals surface area contributed by atoms with Crippen LogP contribution in [0.4, 0.5) is 0 Å². The molecule has 1 unspecified atom stereocenters. The summed E-state index contributed by atoms with van der Waals surface area (Å²) in [5.41, 5.74) is 1.05. The lowest BCUT2D eigenvalue weighted by Gasteiger charge is -2.21. The van der Waals surface area contributed by atoms with Crippen LogP contribution < -0.4 is 0 Å². The first-order valence-electron chi connectivity index (χ1n) is 5.43. The number of nitrogens with zero attached hydrogens (tertiary/aromatic N) is 2. The SMILES string of the molecule is Cn1cc(C(C)(O)Cc2ccc(Br)cc2)cn1. The molecule has 90 valence electrons. The van der Waals surface area contributed by atoms with Crippen molar-refractivity contribution in [2.75, 3.05) is 0 Å². The highest BCUT2D eigenvalue weighted by Gasteiger charge is 2.24. The van der Waals surface area contributed by atoms with Gasteiger partial charge in [-0.3, -0.25) is 4.68 Å². The zero-order chi connectivity index (χ0) is 12.5.